The zero-order valence-corrected chi connectivity index (χ0v) is 24.9. The van der Waals surface area contributed by atoms with Crippen molar-refractivity contribution in [3.63, 3.8) is 0 Å². The molecule has 0 aromatic rings. The number of unbranched alkanes of at least 4 members (excludes halogenated alkanes) is 11. The average Bonchev–Trinajstić information content (AvgIpc) is 2.89. The first-order valence-corrected chi connectivity index (χ1v) is 15.8. The highest BCUT2D eigenvalue weighted by Crippen LogP contribution is 2.21. The maximum Gasteiger partial charge on any atom is 0.309 e. The molecule has 0 aromatic heterocycles. The molecular weight excluding hydrogens is 448 g/mol. The first-order chi connectivity index (χ1) is 17.5. The highest BCUT2D eigenvalue weighted by atomic mass is 16.5. The zero-order chi connectivity index (χ0) is 26.9. The highest BCUT2D eigenvalue weighted by Gasteiger charge is 2.25. The van der Waals surface area contributed by atoms with Gasteiger partial charge in [-0.05, 0) is 31.1 Å². The lowest BCUT2D eigenvalue weighted by Crippen LogP contribution is -2.25. The van der Waals surface area contributed by atoms with Crippen molar-refractivity contribution in [3.8, 4) is 0 Å². The zero-order valence-electron chi connectivity index (χ0n) is 24.9. The van der Waals surface area contributed by atoms with Gasteiger partial charge >= 0.3 is 11.9 Å². The predicted molar refractivity (Wildman–Crippen MR) is 153 cm³/mol. The highest BCUT2D eigenvalue weighted by molar-refractivity contribution is 5.79. The molecule has 0 aliphatic rings. The van der Waals surface area contributed by atoms with Crippen molar-refractivity contribution >= 4 is 11.9 Å². The van der Waals surface area contributed by atoms with Gasteiger partial charge in [0.15, 0.2) is 0 Å². The second-order valence-corrected chi connectivity index (χ2v) is 11.0. The summed E-state index contributed by atoms with van der Waals surface area (Å²) < 4.78 is 11.4. The van der Waals surface area contributed by atoms with Crippen LogP contribution in [0.1, 0.15) is 163 Å². The van der Waals surface area contributed by atoms with Crippen LogP contribution in [0, 0.1) is 17.8 Å². The summed E-state index contributed by atoms with van der Waals surface area (Å²) in [5.74, 6) is 0.0339. The van der Waals surface area contributed by atoms with E-state index in [-0.39, 0.29) is 24.3 Å². The lowest BCUT2D eigenvalue weighted by molar-refractivity contribution is -0.157. The van der Waals surface area contributed by atoms with E-state index < -0.39 is 0 Å². The van der Waals surface area contributed by atoms with E-state index in [1.165, 1.54) is 64.2 Å². The molecule has 0 aliphatic heterocycles. The third kappa shape index (κ3) is 20.0. The molecular formula is C32H62O4. The van der Waals surface area contributed by atoms with Gasteiger partial charge in [0.25, 0.3) is 0 Å². The molecule has 4 nitrogen and oxygen atoms in total. The van der Waals surface area contributed by atoms with Crippen LogP contribution in [-0.2, 0) is 19.1 Å². The van der Waals surface area contributed by atoms with Crippen LogP contribution in [0.4, 0.5) is 0 Å². The van der Waals surface area contributed by atoms with E-state index in [0.29, 0.717) is 25.0 Å². The smallest absolute Gasteiger partial charge is 0.309 e. The number of hydrogen-bond donors (Lipinski definition) is 0. The van der Waals surface area contributed by atoms with Gasteiger partial charge in [0.1, 0.15) is 0 Å². The van der Waals surface area contributed by atoms with Crippen LogP contribution in [0.15, 0.2) is 0 Å². The summed E-state index contributed by atoms with van der Waals surface area (Å²) >= 11 is 0. The minimum atomic E-state index is -0.369. The van der Waals surface area contributed by atoms with Crippen LogP contribution < -0.4 is 0 Å². The fraction of sp³-hybridized carbons (Fsp3) is 0.938. The summed E-state index contributed by atoms with van der Waals surface area (Å²) in [6.45, 7) is 11.9. The molecule has 0 saturated heterocycles. The molecule has 0 saturated carbocycles. The molecule has 0 rings (SSSR count). The second kappa shape index (κ2) is 25.6. The minimum absolute atomic E-state index is 0.159. The van der Waals surface area contributed by atoms with Gasteiger partial charge < -0.3 is 9.47 Å². The molecule has 0 N–H and O–H groups in total. The lowest BCUT2D eigenvalue weighted by Gasteiger charge is -2.20. The molecule has 36 heavy (non-hydrogen) atoms. The number of esters is 2. The van der Waals surface area contributed by atoms with Gasteiger partial charge in [-0.2, -0.15) is 0 Å². The van der Waals surface area contributed by atoms with E-state index in [2.05, 4.69) is 34.6 Å². The summed E-state index contributed by atoms with van der Waals surface area (Å²) in [6.07, 6.45) is 22.4. The number of hydrogen-bond acceptors (Lipinski definition) is 4. The van der Waals surface area contributed by atoms with Crippen LogP contribution in [0.2, 0.25) is 0 Å². The molecule has 0 fully saturated rings. The quantitative estimate of drug-likeness (QED) is 0.0858. The van der Waals surface area contributed by atoms with Gasteiger partial charge in [0.05, 0.1) is 25.6 Å². The predicted octanol–water partition coefficient (Wildman–Crippen LogP) is 9.82. The number of carbonyl (C=O) groups is 2. The van der Waals surface area contributed by atoms with Gasteiger partial charge in [0, 0.05) is 0 Å². The van der Waals surface area contributed by atoms with Crippen molar-refractivity contribution in [2.75, 3.05) is 13.2 Å². The monoisotopic (exact) mass is 510 g/mol. The third-order valence-corrected chi connectivity index (χ3v) is 7.68. The van der Waals surface area contributed by atoms with E-state index >= 15 is 0 Å². The summed E-state index contributed by atoms with van der Waals surface area (Å²) in [5, 5.41) is 0. The standard InChI is InChI=1S/C32H62O4/c1-6-11-14-15-16-17-18-19-20-21-24-30(32(34)36-27-29(10-5)23-13-8-3)25-31(33)35-26-28(9-4)22-12-7-2/h28-30H,6-27H2,1-5H3. The Kier molecular flexibility index (Phi) is 24.8. The normalized spacial score (nSPS) is 13.8. The van der Waals surface area contributed by atoms with E-state index in [9.17, 15) is 9.59 Å². The van der Waals surface area contributed by atoms with Crippen molar-refractivity contribution < 1.29 is 19.1 Å². The molecule has 3 unspecified atom stereocenters. The molecule has 4 heteroatoms. The van der Waals surface area contributed by atoms with E-state index in [0.717, 1.165) is 57.8 Å². The molecule has 0 spiro atoms. The lowest BCUT2D eigenvalue weighted by atomic mass is 9.96. The first kappa shape index (κ1) is 34.9. The summed E-state index contributed by atoms with van der Waals surface area (Å²) in [4.78, 5) is 25.6. The van der Waals surface area contributed by atoms with Gasteiger partial charge in [0.2, 0.25) is 0 Å². The third-order valence-electron chi connectivity index (χ3n) is 7.68. The van der Waals surface area contributed by atoms with Crippen molar-refractivity contribution in [2.24, 2.45) is 17.8 Å². The Morgan fingerprint density at radius 1 is 0.528 bits per heavy atom. The van der Waals surface area contributed by atoms with Crippen LogP contribution in [0.3, 0.4) is 0 Å². The van der Waals surface area contributed by atoms with Crippen molar-refractivity contribution in [1.82, 2.24) is 0 Å². The van der Waals surface area contributed by atoms with Crippen LogP contribution in [0.25, 0.3) is 0 Å². The van der Waals surface area contributed by atoms with Crippen LogP contribution in [-0.4, -0.2) is 25.2 Å². The Hall–Kier alpha value is -1.06. The number of ether oxygens (including phenoxy) is 2. The maximum atomic E-state index is 13.0. The Balaban J connectivity index is 4.59. The molecule has 0 amide bonds. The van der Waals surface area contributed by atoms with Crippen LogP contribution >= 0.6 is 0 Å². The summed E-state index contributed by atoms with van der Waals surface area (Å²) in [5.41, 5.74) is 0. The average molecular weight is 511 g/mol. The van der Waals surface area contributed by atoms with E-state index in [1.807, 2.05) is 0 Å². The Bertz CT molecular complexity index is 504. The van der Waals surface area contributed by atoms with Gasteiger partial charge in [-0.1, -0.05) is 137 Å². The van der Waals surface area contributed by atoms with Crippen LogP contribution in [0.5, 0.6) is 0 Å². The summed E-state index contributed by atoms with van der Waals surface area (Å²) in [7, 11) is 0. The molecule has 0 heterocycles. The van der Waals surface area contributed by atoms with E-state index in [4.69, 9.17) is 9.47 Å². The number of carbonyl (C=O) groups excluding carboxylic acids is 2. The van der Waals surface area contributed by atoms with E-state index in [1.54, 1.807) is 0 Å². The molecule has 0 aromatic carbocycles. The van der Waals surface area contributed by atoms with Gasteiger partial charge in [-0.15, -0.1) is 0 Å². The second-order valence-electron chi connectivity index (χ2n) is 11.0. The van der Waals surface area contributed by atoms with Crippen molar-refractivity contribution in [2.45, 2.75) is 163 Å². The SMILES string of the molecule is CCCCCCCCCCCCC(CC(=O)OCC(CC)CCCC)C(=O)OCC(CC)CCCC. The Morgan fingerprint density at radius 2 is 0.972 bits per heavy atom. The first-order valence-electron chi connectivity index (χ1n) is 15.8. The van der Waals surface area contributed by atoms with Gasteiger partial charge in [-0.25, -0.2) is 0 Å². The molecule has 3 atom stereocenters. The molecule has 0 aliphatic carbocycles. The largest absolute Gasteiger partial charge is 0.465 e. The fourth-order valence-corrected chi connectivity index (χ4v) is 4.77. The Labute approximate surface area is 225 Å². The van der Waals surface area contributed by atoms with Gasteiger partial charge in [-0.3, -0.25) is 9.59 Å². The summed E-state index contributed by atoms with van der Waals surface area (Å²) in [6, 6.07) is 0. The molecule has 214 valence electrons. The fourth-order valence-electron chi connectivity index (χ4n) is 4.77. The Morgan fingerprint density at radius 3 is 1.44 bits per heavy atom. The minimum Gasteiger partial charge on any atom is -0.465 e. The van der Waals surface area contributed by atoms with Crippen molar-refractivity contribution in [3.05, 3.63) is 0 Å². The topological polar surface area (TPSA) is 52.6 Å². The molecule has 0 radical (unpaired) electrons. The number of rotatable bonds is 26. The van der Waals surface area contributed by atoms with Crippen molar-refractivity contribution in [1.29, 1.82) is 0 Å². The maximum absolute atomic E-state index is 13.0. The molecule has 0 bridgehead atoms.